The Morgan fingerprint density at radius 1 is 1.23 bits per heavy atom. The second kappa shape index (κ2) is 7.27. The van der Waals surface area contributed by atoms with Crippen molar-refractivity contribution in [1.29, 1.82) is 0 Å². The van der Waals surface area contributed by atoms with E-state index in [1.807, 2.05) is 0 Å². The molecule has 0 radical (unpaired) electrons. The molecule has 0 aliphatic carbocycles. The lowest BCUT2D eigenvalue weighted by Crippen LogP contribution is -2.40. The van der Waals surface area contributed by atoms with Crippen molar-refractivity contribution < 1.29 is 18.9 Å². The van der Waals surface area contributed by atoms with Crippen molar-refractivity contribution in [2.24, 2.45) is 0 Å². The van der Waals surface area contributed by atoms with Gasteiger partial charge in [0.2, 0.25) is 5.89 Å². The quantitative estimate of drug-likeness (QED) is 0.376. The van der Waals surface area contributed by atoms with E-state index < -0.39 is 22.4 Å². The van der Waals surface area contributed by atoms with Crippen LogP contribution in [0.2, 0.25) is 5.02 Å². The molecule has 3 aromatic rings. The summed E-state index contributed by atoms with van der Waals surface area (Å²) in [5.74, 6) is 0.0844. The second-order valence-electron chi connectivity index (χ2n) is 6.88. The maximum absolute atomic E-state index is 13.0. The number of carbonyl (C=O) groups is 2. The maximum atomic E-state index is 13.0. The van der Waals surface area contributed by atoms with Crippen LogP contribution in [0.3, 0.4) is 0 Å². The van der Waals surface area contributed by atoms with Gasteiger partial charge in [0.25, 0.3) is 11.6 Å². The lowest BCUT2D eigenvalue weighted by molar-refractivity contribution is -0.385. The van der Waals surface area contributed by atoms with E-state index in [1.54, 1.807) is 30.3 Å². The number of oxazole rings is 1. The van der Waals surface area contributed by atoms with Crippen molar-refractivity contribution >= 4 is 29.2 Å². The van der Waals surface area contributed by atoms with E-state index in [2.05, 4.69) is 10.3 Å². The Hall–Kier alpha value is -3.72. The molecule has 9 nitrogen and oxygen atoms in total. The minimum absolute atomic E-state index is 0.172. The Balaban J connectivity index is 1.57. The maximum Gasteiger partial charge on any atom is 0.325 e. The van der Waals surface area contributed by atoms with Gasteiger partial charge < -0.3 is 9.73 Å². The summed E-state index contributed by atoms with van der Waals surface area (Å²) in [4.78, 5) is 41.1. The lowest BCUT2D eigenvalue weighted by atomic mass is 9.91. The Bertz CT molecular complexity index is 1160. The number of nitro benzene ring substituents is 1. The smallest absolute Gasteiger partial charge is 0.325 e. The largest absolute Gasteiger partial charge is 0.439 e. The molecule has 30 heavy (non-hydrogen) atoms. The normalized spacial score (nSPS) is 18.5. The van der Waals surface area contributed by atoms with E-state index in [0.717, 1.165) is 10.5 Å². The molecule has 10 heteroatoms. The number of rotatable bonds is 5. The SMILES string of the molecule is CC1(c2cccc([N+](=O)[O-])c2)NC(=O)N(Cc2ncc(-c3ccc(Cl)cc3)o2)C1=O. The topological polar surface area (TPSA) is 119 Å². The van der Waals surface area contributed by atoms with Crippen LogP contribution < -0.4 is 5.32 Å². The van der Waals surface area contributed by atoms with Gasteiger partial charge in [0.1, 0.15) is 12.1 Å². The third kappa shape index (κ3) is 3.39. The third-order valence-corrected chi connectivity index (χ3v) is 5.14. The molecule has 0 saturated carbocycles. The highest BCUT2D eigenvalue weighted by Crippen LogP contribution is 2.32. The Morgan fingerprint density at radius 2 is 1.97 bits per heavy atom. The molecule has 1 aliphatic rings. The summed E-state index contributed by atoms with van der Waals surface area (Å²) in [5, 5.41) is 14.2. The summed E-state index contributed by atoms with van der Waals surface area (Å²) >= 11 is 5.88. The molecule has 3 amide bonds. The van der Waals surface area contributed by atoms with Crippen molar-refractivity contribution in [3.63, 3.8) is 0 Å². The lowest BCUT2D eigenvalue weighted by Gasteiger charge is -2.21. The number of benzene rings is 2. The number of aromatic nitrogens is 1. The van der Waals surface area contributed by atoms with Gasteiger partial charge >= 0.3 is 6.03 Å². The van der Waals surface area contributed by atoms with Crippen molar-refractivity contribution in [3.05, 3.63) is 81.3 Å². The number of hydrogen-bond donors (Lipinski definition) is 1. The molecule has 1 unspecified atom stereocenters. The zero-order chi connectivity index (χ0) is 21.5. The van der Waals surface area contributed by atoms with Crippen LogP contribution in [0.4, 0.5) is 10.5 Å². The molecule has 1 fully saturated rings. The van der Waals surface area contributed by atoms with Crippen LogP contribution >= 0.6 is 11.6 Å². The molecular weight excluding hydrogens is 412 g/mol. The molecule has 1 N–H and O–H groups in total. The van der Waals surface area contributed by atoms with Gasteiger partial charge in [-0.3, -0.25) is 19.8 Å². The number of carbonyl (C=O) groups excluding carboxylic acids is 2. The average molecular weight is 427 g/mol. The first kappa shape index (κ1) is 19.6. The number of nitrogens with one attached hydrogen (secondary N) is 1. The summed E-state index contributed by atoms with van der Waals surface area (Å²) < 4.78 is 5.68. The van der Waals surface area contributed by atoms with Crippen molar-refractivity contribution in [3.8, 4) is 11.3 Å². The van der Waals surface area contributed by atoms with Crippen LogP contribution in [-0.4, -0.2) is 26.7 Å². The predicted octanol–water partition coefficient (Wildman–Crippen LogP) is 3.87. The molecule has 152 valence electrons. The Morgan fingerprint density at radius 3 is 2.67 bits per heavy atom. The third-order valence-electron chi connectivity index (χ3n) is 4.88. The fourth-order valence-corrected chi connectivity index (χ4v) is 3.36. The van der Waals surface area contributed by atoms with Gasteiger partial charge in [-0.2, -0.15) is 0 Å². The molecule has 2 heterocycles. The Labute approximate surface area is 175 Å². The van der Waals surface area contributed by atoms with Gasteiger partial charge in [-0.05, 0) is 36.8 Å². The van der Waals surface area contributed by atoms with Crippen molar-refractivity contribution in [1.82, 2.24) is 15.2 Å². The molecule has 2 aromatic carbocycles. The first-order valence-electron chi connectivity index (χ1n) is 8.87. The average Bonchev–Trinajstić information content (AvgIpc) is 3.28. The van der Waals surface area contributed by atoms with Crippen LogP contribution in [0.25, 0.3) is 11.3 Å². The molecule has 1 atom stereocenters. The summed E-state index contributed by atoms with van der Waals surface area (Å²) in [6.45, 7) is 1.32. The van der Waals surface area contributed by atoms with Gasteiger partial charge in [-0.25, -0.2) is 9.78 Å². The minimum atomic E-state index is -1.44. The Kier molecular flexibility index (Phi) is 4.75. The predicted molar refractivity (Wildman–Crippen MR) is 106 cm³/mol. The van der Waals surface area contributed by atoms with Crippen LogP contribution in [0.1, 0.15) is 18.4 Å². The zero-order valence-electron chi connectivity index (χ0n) is 15.7. The highest BCUT2D eigenvalue weighted by Gasteiger charge is 2.49. The summed E-state index contributed by atoms with van der Waals surface area (Å²) in [6.07, 6.45) is 1.50. The van der Waals surface area contributed by atoms with Crippen molar-refractivity contribution in [2.75, 3.05) is 0 Å². The van der Waals surface area contributed by atoms with Gasteiger partial charge in [-0.15, -0.1) is 0 Å². The molecule has 0 spiro atoms. The number of nitrogens with zero attached hydrogens (tertiary/aromatic N) is 3. The van der Waals surface area contributed by atoms with E-state index in [0.29, 0.717) is 16.3 Å². The number of amides is 3. The number of non-ortho nitro benzene ring substituents is 1. The fourth-order valence-electron chi connectivity index (χ4n) is 3.23. The van der Waals surface area contributed by atoms with Gasteiger partial charge in [-0.1, -0.05) is 23.7 Å². The molecule has 4 rings (SSSR count). The highest BCUT2D eigenvalue weighted by molar-refractivity contribution is 6.30. The number of halogens is 1. The van der Waals surface area contributed by atoms with Crippen LogP contribution in [0.15, 0.2) is 59.1 Å². The first-order chi connectivity index (χ1) is 14.3. The summed E-state index contributed by atoms with van der Waals surface area (Å²) in [7, 11) is 0. The zero-order valence-corrected chi connectivity index (χ0v) is 16.4. The van der Waals surface area contributed by atoms with E-state index in [-0.39, 0.29) is 18.1 Å². The van der Waals surface area contributed by atoms with Crippen LogP contribution in [-0.2, 0) is 16.9 Å². The number of nitro groups is 1. The monoisotopic (exact) mass is 426 g/mol. The highest BCUT2D eigenvalue weighted by atomic mass is 35.5. The second-order valence-corrected chi connectivity index (χ2v) is 7.32. The van der Waals surface area contributed by atoms with Gasteiger partial charge in [0.15, 0.2) is 5.76 Å². The number of urea groups is 1. The van der Waals surface area contributed by atoms with Crippen LogP contribution in [0.5, 0.6) is 0 Å². The van der Waals surface area contributed by atoms with E-state index in [4.69, 9.17) is 16.0 Å². The molecule has 0 bridgehead atoms. The first-order valence-corrected chi connectivity index (χ1v) is 9.25. The van der Waals surface area contributed by atoms with Gasteiger partial charge in [0.05, 0.1) is 11.1 Å². The van der Waals surface area contributed by atoms with E-state index in [1.165, 1.54) is 31.3 Å². The minimum Gasteiger partial charge on any atom is -0.439 e. The molecular formula is C20H15ClN4O5. The van der Waals surface area contributed by atoms with Crippen LogP contribution in [0, 0.1) is 10.1 Å². The fraction of sp³-hybridized carbons (Fsp3) is 0.150. The summed E-state index contributed by atoms with van der Waals surface area (Å²) in [6, 6.07) is 11.9. The number of hydrogen-bond acceptors (Lipinski definition) is 6. The van der Waals surface area contributed by atoms with E-state index in [9.17, 15) is 19.7 Å². The van der Waals surface area contributed by atoms with Crippen molar-refractivity contribution in [2.45, 2.75) is 19.0 Å². The standard InChI is InChI=1S/C20H15ClN4O5/c1-20(13-3-2-4-15(9-13)25(28)29)18(26)24(19(27)23-20)11-17-22-10-16(30-17)12-5-7-14(21)8-6-12/h2-10H,11H2,1H3,(H,23,27). The molecule has 1 saturated heterocycles. The number of imide groups is 1. The molecule has 1 aliphatic heterocycles. The molecule has 1 aromatic heterocycles. The summed E-state index contributed by atoms with van der Waals surface area (Å²) in [5.41, 5.74) is -0.549. The van der Waals surface area contributed by atoms with E-state index >= 15 is 0 Å². The van der Waals surface area contributed by atoms with Gasteiger partial charge in [0, 0.05) is 22.7 Å².